The lowest BCUT2D eigenvalue weighted by Crippen LogP contribution is -2.77. The number of rotatable bonds is 4. The number of carboxylic acid groups (broad SMARTS) is 1. The summed E-state index contributed by atoms with van der Waals surface area (Å²) in [5.41, 5.74) is 6.30. The molecule has 1 aromatic heterocycles. The molecule has 2 fully saturated rings. The van der Waals surface area contributed by atoms with Crippen molar-refractivity contribution in [2.24, 2.45) is 5.73 Å². The standard InChI is InChI=1S/C14H16FN3O4S2/c1-13(2)8(10(20)21)18-11(22)14(15,12(18)24-13)17-9(19)7(16)6-3-4-23-5-6/h3-5,7-8,12H,16H2,1-2H3,(H,17,19)(H,20,21)/t7?,8-,12+,14-/m0/s1. The van der Waals surface area contributed by atoms with Crippen LogP contribution in [0.25, 0.3) is 0 Å². The number of thioether (sulfide) groups is 1. The first kappa shape index (κ1) is 17.2. The van der Waals surface area contributed by atoms with Gasteiger partial charge in [0.2, 0.25) is 5.91 Å². The number of carbonyl (C=O) groups is 3. The molecule has 4 atom stereocenters. The van der Waals surface area contributed by atoms with Gasteiger partial charge in [0.05, 0.1) is 0 Å². The zero-order valence-corrected chi connectivity index (χ0v) is 14.5. The van der Waals surface area contributed by atoms with E-state index < -0.39 is 45.8 Å². The first-order valence-electron chi connectivity index (χ1n) is 7.11. The second kappa shape index (κ2) is 5.43. The molecule has 2 amide bonds. The van der Waals surface area contributed by atoms with Crippen LogP contribution in [0.2, 0.25) is 0 Å². The van der Waals surface area contributed by atoms with E-state index in [-0.39, 0.29) is 0 Å². The fraction of sp³-hybridized carbons (Fsp3) is 0.500. The Labute approximate surface area is 145 Å². The van der Waals surface area contributed by atoms with Crippen molar-refractivity contribution in [2.45, 2.75) is 41.8 Å². The number of fused-ring (bicyclic) bond motifs is 1. The summed E-state index contributed by atoms with van der Waals surface area (Å²) in [6.45, 7) is 3.25. The van der Waals surface area contributed by atoms with E-state index in [0.717, 1.165) is 16.7 Å². The average Bonchev–Trinajstić information content (AvgIpc) is 3.10. The van der Waals surface area contributed by atoms with E-state index >= 15 is 4.39 Å². The maximum Gasteiger partial charge on any atom is 0.327 e. The summed E-state index contributed by atoms with van der Waals surface area (Å²) in [6, 6.07) is -0.602. The van der Waals surface area contributed by atoms with Gasteiger partial charge in [-0.3, -0.25) is 9.59 Å². The van der Waals surface area contributed by atoms with E-state index in [1.165, 1.54) is 11.3 Å². The number of halogens is 1. The molecule has 7 nitrogen and oxygen atoms in total. The van der Waals surface area contributed by atoms with E-state index in [4.69, 9.17) is 5.73 Å². The van der Waals surface area contributed by atoms with Crippen molar-refractivity contribution >= 4 is 40.9 Å². The van der Waals surface area contributed by atoms with Crippen LogP contribution in [-0.4, -0.2) is 49.7 Å². The zero-order chi connectivity index (χ0) is 17.9. The van der Waals surface area contributed by atoms with E-state index in [9.17, 15) is 19.5 Å². The number of nitrogens with one attached hydrogen (secondary N) is 1. The molecule has 0 aromatic carbocycles. The molecular formula is C14H16FN3O4S2. The molecule has 1 unspecified atom stereocenters. The molecule has 3 heterocycles. The van der Waals surface area contributed by atoms with Crippen molar-refractivity contribution in [3.63, 3.8) is 0 Å². The largest absolute Gasteiger partial charge is 0.480 e. The summed E-state index contributed by atoms with van der Waals surface area (Å²) in [5.74, 6) is -5.71. The number of aliphatic carboxylic acids is 1. The second-order valence-corrected chi connectivity index (χ2v) is 8.78. The highest BCUT2D eigenvalue weighted by atomic mass is 32.2. The quantitative estimate of drug-likeness (QED) is 0.528. The van der Waals surface area contributed by atoms with Crippen molar-refractivity contribution < 1.29 is 23.9 Å². The smallest absolute Gasteiger partial charge is 0.327 e. The molecule has 1 aromatic rings. The molecule has 0 bridgehead atoms. The Bertz CT molecular complexity index is 711. The summed E-state index contributed by atoms with van der Waals surface area (Å²) >= 11 is 2.36. The molecule has 10 heteroatoms. The molecule has 4 N–H and O–H groups in total. The van der Waals surface area contributed by atoms with E-state index in [1.54, 1.807) is 30.7 Å². The summed E-state index contributed by atoms with van der Waals surface area (Å²) in [5, 5.41) is 13.7. The minimum absolute atomic E-state index is 0.521. The lowest BCUT2D eigenvalue weighted by molar-refractivity contribution is -0.182. The third kappa shape index (κ3) is 2.32. The van der Waals surface area contributed by atoms with Gasteiger partial charge in [-0.2, -0.15) is 11.3 Å². The topological polar surface area (TPSA) is 113 Å². The molecule has 0 aliphatic carbocycles. The first-order valence-corrected chi connectivity index (χ1v) is 8.94. The number of hydrogen-bond acceptors (Lipinski definition) is 6. The Morgan fingerprint density at radius 3 is 2.71 bits per heavy atom. The third-order valence-corrected chi connectivity index (χ3v) is 6.52. The van der Waals surface area contributed by atoms with Gasteiger partial charge in [0.25, 0.3) is 11.7 Å². The van der Waals surface area contributed by atoms with Crippen molar-refractivity contribution in [2.75, 3.05) is 0 Å². The number of nitrogens with zero attached hydrogens (tertiary/aromatic N) is 1. The minimum Gasteiger partial charge on any atom is -0.480 e. The van der Waals surface area contributed by atoms with Crippen LogP contribution in [-0.2, 0) is 14.4 Å². The number of hydrogen-bond donors (Lipinski definition) is 3. The molecule has 130 valence electrons. The van der Waals surface area contributed by atoms with Gasteiger partial charge in [0, 0.05) is 4.75 Å². The van der Waals surface area contributed by atoms with Crippen LogP contribution >= 0.6 is 23.1 Å². The number of nitrogens with two attached hydrogens (primary N) is 1. The molecule has 0 spiro atoms. The lowest BCUT2D eigenvalue weighted by atomic mass is 9.94. The van der Waals surface area contributed by atoms with Crippen LogP contribution in [0.15, 0.2) is 16.8 Å². The van der Waals surface area contributed by atoms with E-state index in [0.29, 0.717) is 5.56 Å². The van der Waals surface area contributed by atoms with E-state index in [2.05, 4.69) is 5.32 Å². The summed E-state index contributed by atoms with van der Waals surface area (Å²) < 4.78 is 14.2. The van der Waals surface area contributed by atoms with Crippen molar-refractivity contribution in [3.05, 3.63) is 22.4 Å². The highest BCUT2D eigenvalue weighted by molar-refractivity contribution is 8.01. The Morgan fingerprint density at radius 2 is 2.17 bits per heavy atom. The number of alkyl halides is 1. The maximum atomic E-state index is 15.1. The molecule has 3 rings (SSSR count). The summed E-state index contributed by atoms with van der Waals surface area (Å²) in [4.78, 5) is 36.8. The Kier molecular flexibility index (Phi) is 3.89. The average molecular weight is 373 g/mol. The molecule has 0 saturated carbocycles. The van der Waals surface area contributed by atoms with Crippen LogP contribution in [0, 0.1) is 0 Å². The van der Waals surface area contributed by atoms with Gasteiger partial charge >= 0.3 is 5.97 Å². The summed E-state index contributed by atoms with van der Waals surface area (Å²) in [7, 11) is 0. The van der Waals surface area contributed by atoms with Crippen molar-refractivity contribution in [1.29, 1.82) is 0 Å². The van der Waals surface area contributed by atoms with Gasteiger partial charge in [-0.25, -0.2) is 9.18 Å². The van der Waals surface area contributed by atoms with Gasteiger partial charge in [0.1, 0.15) is 17.5 Å². The van der Waals surface area contributed by atoms with Gasteiger partial charge in [-0.15, -0.1) is 11.8 Å². The number of thiophene rings is 1. The second-order valence-electron chi connectivity index (χ2n) is 6.26. The van der Waals surface area contributed by atoms with Crippen LogP contribution in [0.1, 0.15) is 25.5 Å². The van der Waals surface area contributed by atoms with Crippen molar-refractivity contribution in [1.82, 2.24) is 10.2 Å². The third-order valence-electron chi connectivity index (χ3n) is 4.21. The minimum atomic E-state index is -2.64. The number of β-lactam (4-membered cyclic amide) rings is 1. The van der Waals surface area contributed by atoms with Crippen LogP contribution < -0.4 is 11.1 Å². The van der Waals surface area contributed by atoms with Gasteiger partial charge < -0.3 is 21.1 Å². The predicted octanol–water partition coefficient (Wildman–Crippen LogP) is 0.677. The maximum absolute atomic E-state index is 15.1. The highest BCUT2D eigenvalue weighted by Crippen LogP contribution is 2.55. The first-order chi connectivity index (χ1) is 11.1. The summed E-state index contributed by atoms with van der Waals surface area (Å²) in [6.07, 6.45) is 0. The molecule has 2 aliphatic heterocycles. The SMILES string of the molecule is CC1(C)S[C@H]2N(C(=O)[C@]2(F)NC(=O)C(N)c2ccsc2)[C@H]1C(=O)O. The molecule has 2 saturated heterocycles. The Hall–Kier alpha value is -1.65. The fourth-order valence-corrected chi connectivity index (χ4v) is 5.26. The molecule has 24 heavy (non-hydrogen) atoms. The number of amides is 2. The predicted molar refractivity (Wildman–Crippen MR) is 87.0 cm³/mol. The molecule has 0 radical (unpaired) electrons. The van der Waals surface area contributed by atoms with Gasteiger partial charge in [0.15, 0.2) is 0 Å². The molecule has 2 aliphatic rings. The Morgan fingerprint density at radius 1 is 1.50 bits per heavy atom. The van der Waals surface area contributed by atoms with Gasteiger partial charge in [-0.1, -0.05) is 0 Å². The normalized spacial score (nSPS) is 32.0. The van der Waals surface area contributed by atoms with Gasteiger partial charge in [-0.05, 0) is 36.2 Å². The van der Waals surface area contributed by atoms with Crippen LogP contribution in [0.4, 0.5) is 4.39 Å². The lowest BCUT2D eigenvalue weighted by Gasteiger charge is -2.47. The number of carbonyl (C=O) groups excluding carboxylic acids is 2. The molecular weight excluding hydrogens is 357 g/mol. The van der Waals surface area contributed by atoms with Crippen molar-refractivity contribution in [3.8, 4) is 0 Å². The Balaban J connectivity index is 1.79. The monoisotopic (exact) mass is 373 g/mol. The fourth-order valence-electron chi connectivity index (χ4n) is 3.00. The van der Waals surface area contributed by atoms with Crippen LogP contribution in [0.5, 0.6) is 0 Å². The zero-order valence-electron chi connectivity index (χ0n) is 12.9. The van der Waals surface area contributed by atoms with E-state index in [1.807, 2.05) is 0 Å². The highest BCUT2D eigenvalue weighted by Gasteiger charge is 2.73. The number of carboxylic acids is 1. The van der Waals surface area contributed by atoms with Crippen LogP contribution in [0.3, 0.4) is 0 Å².